The quantitative estimate of drug-likeness (QED) is 0.446. The highest BCUT2D eigenvalue weighted by molar-refractivity contribution is 7.16. The van der Waals surface area contributed by atoms with Crippen LogP contribution in [0.4, 0.5) is 0 Å². The fraction of sp³-hybridized carbons (Fsp3) is 1.00. The lowest BCUT2D eigenvalue weighted by molar-refractivity contribution is 0.524. The molecule has 50 valence electrons. The van der Waals surface area contributed by atoms with Crippen LogP contribution in [0.1, 0.15) is 26.7 Å². The molecule has 0 aliphatic rings. The lowest BCUT2D eigenvalue weighted by Crippen LogP contribution is -1.47. The lowest BCUT2D eigenvalue weighted by atomic mass is 10.4. The molecule has 0 atom stereocenters. The fourth-order valence-corrected chi connectivity index (χ4v) is 0. The zero-order chi connectivity index (χ0) is 6.12. The highest BCUT2D eigenvalue weighted by Gasteiger charge is 1.56. The van der Waals surface area contributed by atoms with E-state index in [0.29, 0.717) is 0 Å². The summed E-state index contributed by atoms with van der Waals surface area (Å²) in [6, 6.07) is 0. The fourth-order valence-electron chi connectivity index (χ4n) is 0. The topological polar surface area (TPSA) is 37.3 Å². The molecule has 0 saturated heterocycles. The molecule has 0 unspecified atom stereocenters. The average Bonchev–Trinajstić information content (AvgIpc) is 1.69. The van der Waals surface area contributed by atoms with Crippen molar-refractivity contribution in [1.82, 2.24) is 0 Å². The highest BCUT2D eigenvalue weighted by atomic mass is 31.1. The zero-order valence-electron chi connectivity index (χ0n) is 4.72. The Morgan fingerprint density at radius 3 is 1.50 bits per heavy atom. The molecule has 2 nitrogen and oxygen atoms in total. The third kappa shape index (κ3) is 81.3. The predicted octanol–water partition coefficient (Wildman–Crippen LogP) is 0.808. The predicted molar refractivity (Wildman–Crippen MR) is 40.3 cm³/mol. The van der Waals surface area contributed by atoms with Gasteiger partial charge in [0.05, 0.1) is 0 Å². The minimum Gasteiger partial charge on any atom is -0.310 e. The molecule has 1 N–H and O–H groups in total. The van der Waals surface area contributed by atoms with Gasteiger partial charge < -0.3 is 4.89 Å². The summed E-state index contributed by atoms with van der Waals surface area (Å²) >= 11 is 0. The minimum absolute atomic E-state index is 0. The molecule has 0 heterocycles. The van der Waals surface area contributed by atoms with Gasteiger partial charge in [0.15, 0.2) is 17.4 Å². The lowest BCUT2D eigenvalue weighted by Gasteiger charge is -1.68. The minimum atomic E-state index is -0.833. The van der Waals surface area contributed by atoms with Gasteiger partial charge in [0.2, 0.25) is 0 Å². The van der Waals surface area contributed by atoms with Crippen LogP contribution in [0.5, 0.6) is 0 Å². The summed E-state index contributed by atoms with van der Waals surface area (Å²) in [5.74, 6) is 0. The van der Waals surface area contributed by atoms with E-state index in [1.165, 1.54) is 12.8 Å². The van der Waals surface area contributed by atoms with Crippen molar-refractivity contribution in [3.63, 3.8) is 0 Å². The number of unbranched alkanes of at least 4 members (excludes halogenated alkanes) is 1. The third-order valence-electron chi connectivity index (χ3n) is 0.500. The molecule has 4 heteroatoms. The van der Waals surface area contributed by atoms with Gasteiger partial charge in [0.25, 0.3) is 0 Å². The van der Waals surface area contributed by atoms with Crippen molar-refractivity contribution in [2.24, 2.45) is 0 Å². The van der Waals surface area contributed by atoms with Crippen LogP contribution in [0.2, 0.25) is 0 Å². The van der Waals surface area contributed by atoms with Crippen LogP contribution in [0.25, 0.3) is 0 Å². The Hall–Kier alpha value is 0.592. The first-order chi connectivity index (χ1) is 3.33. The smallest absolute Gasteiger partial charge is 0.310 e. The van der Waals surface area contributed by atoms with Crippen LogP contribution in [0.15, 0.2) is 0 Å². The van der Waals surface area contributed by atoms with Gasteiger partial charge in [-0.25, -0.2) is 4.57 Å². The van der Waals surface area contributed by atoms with E-state index in [2.05, 4.69) is 13.8 Å². The van der Waals surface area contributed by atoms with Gasteiger partial charge in [-0.3, -0.25) is 0 Å². The molecule has 0 bridgehead atoms. The van der Waals surface area contributed by atoms with Crippen molar-refractivity contribution >= 4 is 26.0 Å². The van der Waals surface area contributed by atoms with Gasteiger partial charge in [0, 0.05) is 0 Å². The Bertz CT molecular complexity index is 33.2. The van der Waals surface area contributed by atoms with E-state index in [9.17, 15) is 0 Å². The number of hydrogen-bond donors (Lipinski definition) is 1. The van der Waals surface area contributed by atoms with Crippen LogP contribution in [0.3, 0.4) is 0 Å². The van der Waals surface area contributed by atoms with E-state index in [0.717, 1.165) is 0 Å². The molecular weight excluding hydrogens is 138 g/mol. The average molecular weight is 152 g/mol. The Kier molecular flexibility index (Phi) is 50.6. The van der Waals surface area contributed by atoms with Gasteiger partial charge in [-0.2, -0.15) is 0 Å². The second-order valence-corrected chi connectivity index (χ2v) is 1.24. The van der Waals surface area contributed by atoms with Gasteiger partial charge >= 0.3 is 8.69 Å². The second-order valence-electron chi connectivity index (χ2n) is 1.08. The van der Waals surface area contributed by atoms with E-state index in [-0.39, 0.29) is 17.4 Å². The van der Waals surface area contributed by atoms with Gasteiger partial charge in [-0.1, -0.05) is 26.7 Å². The monoisotopic (exact) mass is 152 g/mol. The van der Waals surface area contributed by atoms with Crippen molar-refractivity contribution < 1.29 is 9.46 Å². The van der Waals surface area contributed by atoms with E-state index in [1.54, 1.807) is 0 Å². The Morgan fingerprint density at radius 2 is 1.50 bits per heavy atom. The molecular formula is C4H14AlO2P. The molecule has 0 radical (unpaired) electrons. The van der Waals surface area contributed by atoms with Crippen molar-refractivity contribution in [2.75, 3.05) is 0 Å². The van der Waals surface area contributed by atoms with Gasteiger partial charge in [0.1, 0.15) is 0 Å². The van der Waals surface area contributed by atoms with Crippen molar-refractivity contribution in [1.29, 1.82) is 0 Å². The van der Waals surface area contributed by atoms with Crippen LogP contribution in [-0.2, 0) is 4.57 Å². The standard InChI is InChI=1S/C4H10.Al.HO2P.3H/c1-3-4-2;;1-3-2;;;/h3-4H2,1-2H3;;(H,1,2);;;. The summed E-state index contributed by atoms with van der Waals surface area (Å²) in [4.78, 5) is 6.99. The van der Waals surface area contributed by atoms with Gasteiger partial charge in [-0.15, -0.1) is 0 Å². The highest BCUT2D eigenvalue weighted by Crippen LogP contribution is 1.76. The summed E-state index contributed by atoms with van der Waals surface area (Å²) < 4.78 is 8.46. The van der Waals surface area contributed by atoms with Crippen molar-refractivity contribution in [3.8, 4) is 0 Å². The summed E-state index contributed by atoms with van der Waals surface area (Å²) in [6.07, 6.45) is 2.64. The molecule has 0 aromatic carbocycles. The first-order valence-corrected chi connectivity index (χ1v) is 3.06. The molecule has 0 amide bonds. The molecule has 0 aliphatic carbocycles. The van der Waals surface area contributed by atoms with Crippen LogP contribution >= 0.6 is 8.69 Å². The van der Waals surface area contributed by atoms with E-state index in [1.807, 2.05) is 0 Å². The van der Waals surface area contributed by atoms with Gasteiger partial charge in [-0.05, 0) is 0 Å². The molecule has 0 saturated carbocycles. The largest absolute Gasteiger partial charge is 0.324 e. The molecule has 0 spiro atoms. The second kappa shape index (κ2) is 25.6. The van der Waals surface area contributed by atoms with Crippen molar-refractivity contribution in [3.05, 3.63) is 0 Å². The van der Waals surface area contributed by atoms with Crippen LogP contribution in [0, 0.1) is 0 Å². The Morgan fingerprint density at radius 1 is 1.38 bits per heavy atom. The summed E-state index contributed by atoms with van der Waals surface area (Å²) in [6.45, 7) is 4.36. The normalized spacial score (nSPS) is 6.38. The summed E-state index contributed by atoms with van der Waals surface area (Å²) in [5, 5.41) is 0. The van der Waals surface area contributed by atoms with Crippen LogP contribution in [-0.4, -0.2) is 22.3 Å². The van der Waals surface area contributed by atoms with E-state index < -0.39 is 8.69 Å². The maximum absolute atomic E-state index is 8.46. The molecule has 0 aromatic heterocycles. The Labute approximate surface area is 62.7 Å². The number of hydrogen-bond acceptors (Lipinski definition) is 1. The van der Waals surface area contributed by atoms with E-state index >= 15 is 0 Å². The first kappa shape index (κ1) is 15.8. The maximum atomic E-state index is 8.46. The first-order valence-electron chi connectivity index (χ1n) is 2.30. The maximum Gasteiger partial charge on any atom is 0.324 e. The molecule has 8 heavy (non-hydrogen) atoms. The third-order valence-corrected chi connectivity index (χ3v) is 0.500. The molecule has 0 aromatic rings. The summed E-state index contributed by atoms with van der Waals surface area (Å²) in [7, 11) is -0.833. The van der Waals surface area contributed by atoms with Crippen LogP contribution < -0.4 is 0 Å². The molecule has 0 rings (SSSR count). The SMILES string of the molecule is CCCC.O=PO.[AlH3]. The molecule has 0 aliphatic heterocycles. The molecule has 0 fully saturated rings. The summed E-state index contributed by atoms with van der Waals surface area (Å²) in [5.41, 5.74) is 0. The van der Waals surface area contributed by atoms with Crippen molar-refractivity contribution in [2.45, 2.75) is 26.7 Å². The number of rotatable bonds is 1. The van der Waals surface area contributed by atoms with E-state index in [4.69, 9.17) is 9.46 Å². The zero-order valence-corrected chi connectivity index (χ0v) is 5.61. The Balaban J connectivity index is -0.0000000575.